The topological polar surface area (TPSA) is 75.7 Å². The molecule has 0 radical (unpaired) electrons. The molecular formula is C12H15N5O. The summed E-state index contributed by atoms with van der Waals surface area (Å²) in [6.45, 7) is 4.18. The van der Waals surface area contributed by atoms with Crippen molar-refractivity contribution in [3.63, 3.8) is 0 Å². The van der Waals surface area contributed by atoms with Gasteiger partial charge in [-0.05, 0) is 13.3 Å². The number of rotatable bonds is 3. The third-order valence-corrected chi connectivity index (χ3v) is 2.96. The summed E-state index contributed by atoms with van der Waals surface area (Å²) in [7, 11) is 0. The van der Waals surface area contributed by atoms with E-state index in [1.54, 1.807) is 6.20 Å². The average Bonchev–Trinajstić information content (AvgIpc) is 2.85. The van der Waals surface area contributed by atoms with Gasteiger partial charge in [-0.2, -0.15) is 5.10 Å². The van der Waals surface area contributed by atoms with Gasteiger partial charge in [0, 0.05) is 6.54 Å². The summed E-state index contributed by atoms with van der Waals surface area (Å²) in [5.41, 5.74) is 2.13. The molecule has 0 saturated heterocycles. The number of nitrogens with zero attached hydrogens (tertiary/aromatic N) is 3. The lowest BCUT2D eigenvalue weighted by Gasteiger charge is -2.14. The maximum absolute atomic E-state index is 5.28. The average molecular weight is 245 g/mol. The molecular weight excluding hydrogens is 230 g/mol. The van der Waals surface area contributed by atoms with Gasteiger partial charge < -0.3 is 10.1 Å². The molecule has 0 fully saturated rings. The summed E-state index contributed by atoms with van der Waals surface area (Å²) >= 11 is 0. The first-order chi connectivity index (χ1) is 8.83. The Morgan fingerprint density at radius 1 is 1.44 bits per heavy atom. The number of nitrogens with one attached hydrogen (secondary N) is 2. The largest absolute Gasteiger partial charge is 0.377 e. The minimum absolute atomic E-state index is 0.709. The van der Waals surface area contributed by atoms with E-state index in [1.807, 2.05) is 6.92 Å². The number of aromatic nitrogens is 4. The highest BCUT2D eigenvalue weighted by molar-refractivity contribution is 5.85. The molecule has 6 heteroatoms. The summed E-state index contributed by atoms with van der Waals surface area (Å²) in [5, 5.41) is 11.1. The summed E-state index contributed by atoms with van der Waals surface area (Å²) in [6, 6.07) is 0. The van der Waals surface area contributed by atoms with Crippen LogP contribution in [0.15, 0.2) is 17.8 Å². The van der Waals surface area contributed by atoms with Crippen LogP contribution < -0.4 is 5.32 Å². The molecule has 3 rings (SSSR count). The van der Waals surface area contributed by atoms with Gasteiger partial charge in [0.15, 0.2) is 5.65 Å². The number of H-pyrrole nitrogens is 1. The smallest absolute Gasteiger partial charge is 0.161 e. The first-order valence-corrected chi connectivity index (χ1v) is 6.00. The van der Waals surface area contributed by atoms with Crippen molar-refractivity contribution >= 4 is 16.9 Å². The number of hydrogen-bond donors (Lipinski definition) is 2. The van der Waals surface area contributed by atoms with E-state index in [0.29, 0.717) is 6.61 Å². The first kappa shape index (κ1) is 11.2. The summed E-state index contributed by atoms with van der Waals surface area (Å²) in [4.78, 5) is 8.70. The van der Waals surface area contributed by atoms with Crippen LogP contribution in [0, 0.1) is 6.92 Å². The van der Waals surface area contributed by atoms with E-state index in [4.69, 9.17) is 4.74 Å². The van der Waals surface area contributed by atoms with E-state index < -0.39 is 0 Å². The Morgan fingerprint density at radius 2 is 2.39 bits per heavy atom. The first-order valence-electron chi connectivity index (χ1n) is 6.00. The van der Waals surface area contributed by atoms with Crippen molar-refractivity contribution < 1.29 is 4.74 Å². The molecule has 0 bridgehead atoms. The maximum Gasteiger partial charge on any atom is 0.161 e. The van der Waals surface area contributed by atoms with E-state index >= 15 is 0 Å². The second-order valence-electron chi connectivity index (χ2n) is 4.29. The van der Waals surface area contributed by atoms with E-state index in [1.165, 1.54) is 5.57 Å². The molecule has 2 aromatic heterocycles. The van der Waals surface area contributed by atoms with Gasteiger partial charge >= 0.3 is 0 Å². The molecule has 2 aromatic rings. The molecule has 3 heterocycles. The zero-order valence-electron chi connectivity index (χ0n) is 10.2. The maximum atomic E-state index is 5.28. The highest BCUT2D eigenvalue weighted by atomic mass is 16.5. The summed E-state index contributed by atoms with van der Waals surface area (Å²) < 4.78 is 5.28. The van der Waals surface area contributed by atoms with E-state index in [9.17, 15) is 0 Å². The molecule has 0 amide bonds. The van der Waals surface area contributed by atoms with E-state index in [-0.39, 0.29) is 0 Å². The van der Waals surface area contributed by atoms with Gasteiger partial charge in [0.1, 0.15) is 11.6 Å². The van der Waals surface area contributed by atoms with Crippen molar-refractivity contribution in [1.29, 1.82) is 0 Å². The lowest BCUT2D eigenvalue weighted by atomic mass is 10.1. The molecule has 1 aliphatic heterocycles. The second-order valence-corrected chi connectivity index (χ2v) is 4.29. The van der Waals surface area contributed by atoms with Crippen molar-refractivity contribution in [2.45, 2.75) is 13.3 Å². The predicted octanol–water partition coefficient (Wildman–Crippen LogP) is 1.42. The number of aromatic amines is 1. The van der Waals surface area contributed by atoms with Crippen LogP contribution in [0.5, 0.6) is 0 Å². The Kier molecular flexibility index (Phi) is 2.93. The van der Waals surface area contributed by atoms with Crippen LogP contribution in [0.1, 0.15) is 12.2 Å². The minimum atomic E-state index is 0.709. The van der Waals surface area contributed by atoms with Gasteiger partial charge in [-0.25, -0.2) is 9.97 Å². The molecule has 6 nitrogen and oxygen atoms in total. The van der Waals surface area contributed by atoms with Crippen molar-refractivity contribution in [3.05, 3.63) is 23.7 Å². The zero-order valence-corrected chi connectivity index (χ0v) is 10.2. The van der Waals surface area contributed by atoms with E-state index in [2.05, 4.69) is 31.6 Å². The Bertz CT molecular complexity index is 589. The molecule has 1 aliphatic rings. The van der Waals surface area contributed by atoms with Gasteiger partial charge in [0.2, 0.25) is 0 Å². The molecule has 0 atom stereocenters. The number of aryl methyl sites for hydroxylation is 1. The van der Waals surface area contributed by atoms with Gasteiger partial charge in [-0.1, -0.05) is 11.6 Å². The van der Waals surface area contributed by atoms with Crippen molar-refractivity contribution in [2.24, 2.45) is 0 Å². The molecule has 0 aromatic carbocycles. The quantitative estimate of drug-likeness (QED) is 0.800. The number of ether oxygens (including phenoxy) is 1. The van der Waals surface area contributed by atoms with Gasteiger partial charge in [0.05, 0.1) is 24.8 Å². The van der Waals surface area contributed by atoms with E-state index in [0.717, 1.165) is 42.2 Å². The second kappa shape index (κ2) is 4.73. The monoisotopic (exact) mass is 245 g/mol. The Balaban J connectivity index is 1.81. The third kappa shape index (κ3) is 2.19. The van der Waals surface area contributed by atoms with Crippen molar-refractivity contribution in [1.82, 2.24) is 20.2 Å². The van der Waals surface area contributed by atoms with Crippen LogP contribution in [-0.4, -0.2) is 39.9 Å². The SMILES string of the molecule is Cc1nc(NCC2=CCOCC2)c2cn[nH]c2n1. The lowest BCUT2D eigenvalue weighted by molar-refractivity contribution is 0.154. The Labute approximate surface area is 104 Å². The van der Waals surface area contributed by atoms with Crippen LogP contribution in [0.4, 0.5) is 5.82 Å². The van der Waals surface area contributed by atoms with Crippen LogP contribution in [0.3, 0.4) is 0 Å². The molecule has 0 spiro atoms. The number of anilines is 1. The van der Waals surface area contributed by atoms with Gasteiger partial charge in [-0.3, -0.25) is 5.10 Å². The number of fused-ring (bicyclic) bond motifs is 1. The highest BCUT2D eigenvalue weighted by Gasteiger charge is 2.09. The van der Waals surface area contributed by atoms with Crippen LogP contribution in [-0.2, 0) is 4.74 Å². The van der Waals surface area contributed by atoms with Crippen molar-refractivity contribution in [3.8, 4) is 0 Å². The molecule has 2 N–H and O–H groups in total. The fourth-order valence-corrected chi connectivity index (χ4v) is 2.00. The Morgan fingerprint density at radius 3 is 3.22 bits per heavy atom. The van der Waals surface area contributed by atoms with Crippen LogP contribution in [0.25, 0.3) is 11.0 Å². The normalized spacial score (nSPS) is 15.7. The van der Waals surface area contributed by atoms with Crippen molar-refractivity contribution in [2.75, 3.05) is 25.1 Å². The lowest BCUT2D eigenvalue weighted by Crippen LogP contribution is -2.13. The fourth-order valence-electron chi connectivity index (χ4n) is 2.00. The fraction of sp³-hybridized carbons (Fsp3) is 0.417. The predicted molar refractivity (Wildman–Crippen MR) is 68.4 cm³/mol. The molecule has 0 saturated carbocycles. The highest BCUT2D eigenvalue weighted by Crippen LogP contribution is 2.18. The zero-order chi connectivity index (χ0) is 12.4. The van der Waals surface area contributed by atoms with Gasteiger partial charge in [-0.15, -0.1) is 0 Å². The van der Waals surface area contributed by atoms with Crippen LogP contribution in [0.2, 0.25) is 0 Å². The van der Waals surface area contributed by atoms with Gasteiger partial charge in [0.25, 0.3) is 0 Å². The molecule has 94 valence electrons. The van der Waals surface area contributed by atoms with Crippen LogP contribution >= 0.6 is 0 Å². The number of hydrogen-bond acceptors (Lipinski definition) is 5. The molecule has 18 heavy (non-hydrogen) atoms. The minimum Gasteiger partial charge on any atom is -0.377 e. The molecule has 0 aliphatic carbocycles. The third-order valence-electron chi connectivity index (χ3n) is 2.96. The molecule has 0 unspecified atom stereocenters. The Hall–Kier alpha value is -1.95. The summed E-state index contributed by atoms with van der Waals surface area (Å²) in [5.74, 6) is 1.56. The standard InChI is InChI=1S/C12H15N5O/c1-8-15-11(10-7-14-17-12(10)16-8)13-6-9-2-4-18-5-3-9/h2,7H,3-6H2,1H3,(H2,13,14,15,16,17). The summed E-state index contributed by atoms with van der Waals surface area (Å²) in [6.07, 6.45) is 4.85.